The van der Waals surface area contributed by atoms with Crippen molar-refractivity contribution in [3.05, 3.63) is 29.8 Å². The Hall–Kier alpha value is -5.05. The Morgan fingerprint density at radius 3 is 1.96 bits per heavy atom. The van der Waals surface area contributed by atoms with E-state index in [2.05, 4.69) is 47.4 Å². The second-order valence-corrected chi connectivity index (χ2v) is 20.5. The van der Waals surface area contributed by atoms with Gasteiger partial charge < -0.3 is 88.1 Å². The van der Waals surface area contributed by atoms with Gasteiger partial charge in [-0.2, -0.15) is 0 Å². The molecule has 0 saturated carbocycles. The number of fused-ring (bicyclic) bond motifs is 2. The highest BCUT2D eigenvalue weighted by Gasteiger charge is 2.49. The first-order valence-corrected chi connectivity index (χ1v) is 26.0. The monoisotopic (exact) mass is 1050 g/mol. The van der Waals surface area contributed by atoms with Gasteiger partial charge in [0.05, 0.1) is 24.4 Å². The van der Waals surface area contributed by atoms with Crippen molar-refractivity contribution in [2.24, 2.45) is 17.6 Å². The smallest absolute Gasteiger partial charge is 0.248 e. The summed E-state index contributed by atoms with van der Waals surface area (Å²) < 4.78 is 0. The normalized spacial score (nSPS) is 29.3. The topological polar surface area (TPSA) is 394 Å². The van der Waals surface area contributed by atoms with Crippen LogP contribution in [0.15, 0.2) is 24.3 Å². The Morgan fingerprint density at radius 1 is 0.716 bits per heavy atom. The number of phenolic OH excluding ortho intramolecular Hbond substituents is 1. The van der Waals surface area contributed by atoms with E-state index in [0.29, 0.717) is 24.7 Å². The Morgan fingerprint density at radius 2 is 1.32 bits per heavy atom. The average molecular weight is 1050 g/mol. The minimum absolute atomic E-state index is 0.0598. The molecule has 0 aromatic heterocycles. The number of unbranched alkanes of at least 4 members (excludes halogenated alkanes) is 5. The number of amides is 7. The van der Waals surface area contributed by atoms with Crippen molar-refractivity contribution < 1.29 is 79.5 Å². The van der Waals surface area contributed by atoms with Gasteiger partial charge in [0.2, 0.25) is 41.4 Å². The van der Waals surface area contributed by atoms with Gasteiger partial charge in [-0.3, -0.25) is 33.6 Å². The van der Waals surface area contributed by atoms with E-state index in [1.54, 1.807) is 0 Å². The van der Waals surface area contributed by atoms with Gasteiger partial charge in [-0.05, 0) is 68.7 Å². The third kappa shape index (κ3) is 17.2. The molecule has 1 aromatic rings. The molecule has 0 aliphatic carbocycles. The number of carbonyl (C=O) groups excluding carboxylic acids is 7. The Labute approximate surface area is 431 Å². The minimum Gasteiger partial charge on any atom is -0.508 e. The van der Waals surface area contributed by atoms with E-state index >= 15 is 0 Å². The Balaban J connectivity index is 1.68. The number of nitrogens with two attached hydrogens (primary N) is 1. The lowest BCUT2D eigenvalue weighted by molar-refractivity contribution is -0.149. The molecule has 0 bridgehead atoms. The Kier molecular flexibility index (Phi) is 24.4. The van der Waals surface area contributed by atoms with Crippen molar-refractivity contribution in [3.63, 3.8) is 0 Å². The molecule has 4 rings (SSSR count). The van der Waals surface area contributed by atoms with Crippen molar-refractivity contribution in [1.82, 2.24) is 36.4 Å². The molecule has 16 N–H and O–H groups in total. The predicted octanol–water partition coefficient (Wildman–Crippen LogP) is -2.87. The van der Waals surface area contributed by atoms with E-state index < -0.39 is 146 Å². The number of aliphatic hydroxyl groups is 8. The van der Waals surface area contributed by atoms with Gasteiger partial charge in [-0.1, -0.05) is 77.8 Å². The SMILES string of the molecule is CC[C@H](C)C[C@H](C)CCCCCCCCC(=O)NC1C[C@@H](O)[C@@H](O)NC(=O)[C@@H]2[C@@H](O)CCN2C(=O)[C@H]([C@H](O)CCN)NC(=O)[C@H]([C@H](O)[C@@H](O)c2ccc(O)cc2)NC(=O)[C@@H]2C[C@@H](O)CN2C(=O)[C@H]([C@@H](C)O)NC1=O. The maximum absolute atomic E-state index is 14.4. The summed E-state index contributed by atoms with van der Waals surface area (Å²) in [7, 11) is 0. The lowest BCUT2D eigenvalue weighted by atomic mass is 9.91. The zero-order chi connectivity index (χ0) is 55.0. The number of nitrogens with zero attached hydrogens (tertiary/aromatic N) is 2. The van der Waals surface area contributed by atoms with E-state index in [4.69, 9.17) is 5.73 Å². The quantitative estimate of drug-likeness (QED) is 0.0584. The highest BCUT2D eigenvalue weighted by Crippen LogP contribution is 2.27. The summed E-state index contributed by atoms with van der Waals surface area (Å²) in [6, 6.07) is -6.71. The number of hydrogen-bond donors (Lipinski definition) is 15. The zero-order valence-corrected chi connectivity index (χ0v) is 42.9. The van der Waals surface area contributed by atoms with Gasteiger partial charge in [-0.15, -0.1) is 0 Å². The van der Waals surface area contributed by atoms with Crippen LogP contribution in [0.2, 0.25) is 0 Å². The average Bonchev–Trinajstić information content (AvgIpc) is 3.95. The van der Waals surface area contributed by atoms with Gasteiger partial charge in [-0.25, -0.2) is 0 Å². The first-order chi connectivity index (χ1) is 35.0. The van der Waals surface area contributed by atoms with Crippen LogP contribution in [-0.4, -0.2) is 196 Å². The van der Waals surface area contributed by atoms with Gasteiger partial charge in [0.1, 0.15) is 60.3 Å². The molecule has 24 heteroatoms. The maximum atomic E-state index is 14.4. The standard InChI is InChI=1S/C50H82N8O16/c1-5-26(2)22-27(3)12-10-8-6-7-9-11-13-37(65)52-32-24-36(64)46(70)56-48(72)41-35(63)19-21-57(41)50(74)39(34(62)18-20-51)54-47(71)40(43(67)42(66)29-14-16-30(60)17-15-29)55-45(69)33-23-31(61)25-58(33)49(73)38(28(4)59)53-44(32)68/h14-17,26-28,31-36,38-43,46,59-64,66-67,70H,5-13,18-25,51H2,1-4H3,(H,52,65)(H,53,68)(H,54,71)(H,55,69)(H,56,72)/t26-,27+,28+,31+,32?,33-,34+,35-,36+,38-,39-,40-,41-,42-,43-,46+/m0/s1. The summed E-state index contributed by atoms with van der Waals surface area (Å²) in [6.07, 6.45) is -8.51. The summed E-state index contributed by atoms with van der Waals surface area (Å²) >= 11 is 0. The van der Waals surface area contributed by atoms with Crippen LogP contribution in [0.5, 0.6) is 5.75 Å². The number of benzene rings is 1. The number of phenols is 1. The van der Waals surface area contributed by atoms with Gasteiger partial charge >= 0.3 is 0 Å². The van der Waals surface area contributed by atoms with Crippen LogP contribution in [0.1, 0.15) is 129 Å². The summed E-state index contributed by atoms with van der Waals surface area (Å²) in [6.45, 7) is 6.67. The van der Waals surface area contributed by atoms with Crippen LogP contribution in [0.25, 0.3) is 0 Å². The highest BCUT2D eigenvalue weighted by atomic mass is 16.3. The molecule has 7 amide bonds. The van der Waals surface area contributed by atoms with E-state index in [0.717, 1.165) is 67.4 Å². The fourth-order valence-corrected chi connectivity index (χ4v) is 9.81. The van der Waals surface area contributed by atoms with Crippen molar-refractivity contribution >= 4 is 41.4 Å². The summed E-state index contributed by atoms with van der Waals surface area (Å²) in [4.78, 5) is 100. The van der Waals surface area contributed by atoms with Crippen molar-refractivity contribution in [3.8, 4) is 5.75 Å². The fourth-order valence-electron chi connectivity index (χ4n) is 9.81. The van der Waals surface area contributed by atoms with Gasteiger partial charge in [0.25, 0.3) is 0 Å². The van der Waals surface area contributed by atoms with Crippen molar-refractivity contribution in [2.45, 2.75) is 203 Å². The Bertz CT molecular complexity index is 2020. The molecule has 0 radical (unpaired) electrons. The van der Waals surface area contributed by atoms with Crippen LogP contribution >= 0.6 is 0 Å². The second-order valence-electron chi connectivity index (χ2n) is 20.5. The molecule has 3 aliphatic rings. The molecular weight excluding hydrogens is 969 g/mol. The van der Waals surface area contributed by atoms with Crippen LogP contribution in [0, 0.1) is 11.8 Å². The van der Waals surface area contributed by atoms with Crippen LogP contribution in [-0.2, 0) is 33.6 Å². The third-order valence-electron chi connectivity index (χ3n) is 14.4. The fraction of sp³-hybridized carbons (Fsp3) is 0.740. The van der Waals surface area contributed by atoms with E-state index in [1.165, 1.54) is 18.6 Å². The van der Waals surface area contributed by atoms with E-state index in [9.17, 15) is 79.5 Å². The molecule has 1 unspecified atom stereocenters. The first-order valence-electron chi connectivity index (χ1n) is 26.0. The zero-order valence-electron chi connectivity index (χ0n) is 42.9. The largest absolute Gasteiger partial charge is 0.508 e. The molecular formula is C50H82N8O16. The number of carbonyl (C=O) groups is 7. The molecule has 16 atom stereocenters. The molecule has 3 fully saturated rings. The second kappa shape index (κ2) is 29.3. The molecule has 74 heavy (non-hydrogen) atoms. The maximum Gasteiger partial charge on any atom is 0.248 e. The van der Waals surface area contributed by atoms with Gasteiger partial charge in [0.15, 0.2) is 6.23 Å². The number of aromatic hydroxyl groups is 1. The molecule has 3 aliphatic heterocycles. The summed E-state index contributed by atoms with van der Waals surface area (Å²) in [5.74, 6) is -6.88. The van der Waals surface area contributed by atoms with E-state index in [1.807, 2.05) is 0 Å². The van der Waals surface area contributed by atoms with Crippen LogP contribution in [0.4, 0.5) is 0 Å². The number of rotatable bonds is 20. The van der Waals surface area contributed by atoms with Gasteiger partial charge in [0, 0.05) is 32.4 Å². The van der Waals surface area contributed by atoms with Crippen LogP contribution < -0.4 is 32.3 Å². The number of hydrogen-bond acceptors (Lipinski definition) is 17. The predicted molar refractivity (Wildman–Crippen MR) is 265 cm³/mol. The lowest BCUT2D eigenvalue weighted by Gasteiger charge is -2.34. The first kappa shape index (κ1) is 61.5. The highest BCUT2D eigenvalue weighted by molar-refractivity contribution is 5.98. The van der Waals surface area contributed by atoms with E-state index in [-0.39, 0.29) is 43.7 Å². The molecule has 418 valence electrons. The van der Waals surface area contributed by atoms with Crippen molar-refractivity contribution in [2.75, 3.05) is 19.6 Å². The minimum atomic E-state index is -2.29. The third-order valence-corrected chi connectivity index (χ3v) is 14.4. The summed E-state index contributed by atoms with van der Waals surface area (Å²) in [5, 5.41) is 111. The lowest BCUT2D eigenvalue weighted by Crippen LogP contribution is -2.64. The van der Waals surface area contributed by atoms with Crippen LogP contribution in [0.3, 0.4) is 0 Å². The summed E-state index contributed by atoms with van der Waals surface area (Å²) in [5.41, 5.74) is 5.63. The molecule has 24 nitrogen and oxygen atoms in total. The van der Waals surface area contributed by atoms with Crippen molar-refractivity contribution in [1.29, 1.82) is 0 Å². The molecule has 0 spiro atoms. The molecule has 3 heterocycles. The molecule has 1 aromatic carbocycles. The molecule has 3 saturated heterocycles. The number of nitrogens with one attached hydrogen (secondary N) is 5. The number of aliphatic hydroxyl groups excluding tert-OH is 8.